The van der Waals surface area contributed by atoms with Gasteiger partial charge in [0, 0.05) is 33.2 Å². The molecule has 0 aliphatic carbocycles. The number of anilines is 2. The highest BCUT2D eigenvalue weighted by atomic mass is 19.1. The average Bonchev–Trinajstić information content (AvgIpc) is 2.93. The van der Waals surface area contributed by atoms with Crippen molar-refractivity contribution >= 4 is 11.6 Å². The molecule has 1 saturated heterocycles. The van der Waals surface area contributed by atoms with Gasteiger partial charge >= 0.3 is 5.69 Å². The third-order valence-electron chi connectivity index (χ3n) is 4.67. The van der Waals surface area contributed by atoms with E-state index in [1.165, 1.54) is 25.0 Å². The van der Waals surface area contributed by atoms with E-state index in [0.717, 1.165) is 30.9 Å². The second-order valence-electron chi connectivity index (χ2n) is 6.22. The standard InChI is InChI=1S/C17H19FN4O.H2/c18-13-5-3-4-12(8-13)10-19-15-9-16-21-7-2-1-6-14(21)11-22(16)17(23)20-15;/h3-5,8-9,14H,1-2,6-7,10-11H2,(H,19,20,23);1H/t14-;/m0./s1. The predicted molar refractivity (Wildman–Crippen MR) is 89.3 cm³/mol. The zero-order valence-electron chi connectivity index (χ0n) is 12.8. The van der Waals surface area contributed by atoms with Crippen molar-refractivity contribution in [2.75, 3.05) is 16.8 Å². The molecule has 0 spiro atoms. The quantitative estimate of drug-likeness (QED) is 0.946. The summed E-state index contributed by atoms with van der Waals surface area (Å²) in [6.07, 6.45) is 3.52. The molecule has 0 unspecified atom stereocenters. The fraction of sp³-hybridized carbons (Fsp3) is 0.412. The molecule has 2 aromatic rings. The van der Waals surface area contributed by atoms with E-state index in [1.807, 2.05) is 12.1 Å². The van der Waals surface area contributed by atoms with E-state index in [0.29, 0.717) is 18.4 Å². The molecule has 0 saturated carbocycles. The van der Waals surface area contributed by atoms with E-state index in [2.05, 4.69) is 15.2 Å². The Morgan fingerprint density at radius 2 is 2.26 bits per heavy atom. The van der Waals surface area contributed by atoms with E-state index >= 15 is 0 Å². The zero-order chi connectivity index (χ0) is 15.8. The Bertz CT molecular complexity index is 794. The summed E-state index contributed by atoms with van der Waals surface area (Å²) < 4.78 is 15.0. The highest BCUT2D eigenvalue weighted by molar-refractivity contribution is 5.53. The number of benzene rings is 1. The molecular weight excluding hydrogens is 295 g/mol. The van der Waals surface area contributed by atoms with Crippen molar-refractivity contribution < 1.29 is 5.82 Å². The molecule has 4 rings (SSSR count). The first-order valence-corrected chi connectivity index (χ1v) is 8.07. The number of nitrogens with zero attached hydrogens (tertiary/aromatic N) is 3. The summed E-state index contributed by atoms with van der Waals surface area (Å²) in [5.41, 5.74) is 0.613. The van der Waals surface area contributed by atoms with Crippen molar-refractivity contribution in [1.82, 2.24) is 9.55 Å². The first-order valence-electron chi connectivity index (χ1n) is 8.07. The first kappa shape index (κ1) is 14.2. The van der Waals surface area contributed by atoms with Crippen LogP contribution in [0.2, 0.25) is 0 Å². The predicted octanol–water partition coefficient (Wildman–Crippen LogP) is 2.61. The highest BCUT2D eigenvalue weighted by Crippen LogP contribution is 2.31. The number of fused-ring (bicyclic) bond motifs is 3. The summed E-state index contributed by atoms with van der Waals surface area (Å²) in [6, 6.07) is 8.78. The fourth-order valence-corrected chi connectivity index (χ4v) is 3.54. The van der Waals surface area contributed by atoms with Gasteiger partial charge < -0.3 is 10.2 Å². The number of halogens is 1. The van der Waals surface area contributed by atoms with Gasteiger partial charge in [-0.3, -0.25) is 4.57 Å². The Morgan fingerprint density at radius 3 is 3.13 bits per heavy atom. The number of rotatable bonds is 3. The Kier molecular flexibility index (Phi) is 3.52. The van der Waals surface area contributed by atoms with Crippen LogP contribution < -0.4 is 15.9 Å². The van der Waals surface area contributed by atoms with Crippen molar-refractivity contribution in [1.29, 1.82) is 0 Å². The average molecular weight is 316 g/mol. The third-order valence-corrected chi connectivity index (χ3v) is 4.67. The Hall–Kier alpha value is -2.37. The van der Waals surface area contributed by atoms with E-state index in [1.54, 1.807) is 10.6 Å². The van der Waals surface area contributed by atoms with E-state index < -0.39 is 0 Å². The molecule has 1 fully saturated rings. The lowest BCUT2D eigenvalue weighted by Gasteiger charge is -2.30. The third kappa shape index (κ3) is 2.69. The molecule has 2 aliphatic rings. The number of hydrogen-bond donors (Lipinski definition) is 1. The van der Waals surface area contributed by atoms with E-state index in [-0.39, 0.29) is 12.9 Å². The van der Waals surface area contributed by atoms with E-state index in [9.17, 15) is 9.18 Å². The van der Waals surface area contributed by atoms with Crippen LogP contribution in [0.15, 0.2) is 35.1 Å². The summed E-state index contributed by atoms with van der Waals surface area (Å²) in [4.78, 5) is 18.7. The number of nitrogens with one attached hydrogen (secondary N) is 1. The van der Waals surface area contributed by atoms with Crippen LogP contribution in [0, 0.1) is 5.82 Å². The van der Waals surface area contributed by atoms with Crippen LogP contribution in [0.1, 0.15) is 26.3 Å². The van der Waals surface area contributed by atoms with Crippen LogP contribution in [0.25, 0.3) is 0 Å². The maximum Gasteiger partial charge on any atom is 0.351 e. The smallest absolute Gasteiger partial charge is 0.351 e. The molecule has 0 amide bonds. The van der Waals surface area contributed by atoms with Crippen molar-refractivity contribution in [2.45, 2.75) is 38.4 Å². The lowest BCUT2D eigenvalue weighted by Crippen LogP contribution is -2.36. The number of piperidine rings is 1. The lowest BCUT2D eigenvalue weighted by molar-refractivity contribution is 0.458. The molecule has 0 bridgehead atoms. The van der Waals surface area contributed by atoms with Crippen molar-refractivity contribution in [3.05, 3.63) is 52.2 Å². The minimum Gasteiger partial charge on any atom is -0.366 e. The van der Waals surface area contributed by atoms with Gasteiger partial charge in [-0.25, -0.2) is 9.18 Å². The van der Waals surface area contributed by atoms with Gasteiger partial charge in [0.1, 0.15) is 17.5 Å². The van der Waals surface area contributed by atoms with Crippen molar-refractivity contribution in [3.8, 4) is 0 Å². The van der Waals surface area contributed by atoms with Gasteiger partial charge in [-0.2, -0.15) is 4.98 Å². The second kappa shape index (κ2) is 5.68. The highest BCUT2D eigenvalue weighted by Gasteiger charge is 2.32. The summed E-state index contributed by atoms with van der Waals surface area (Å²) in [5, 5.41) is 3.14. The van der Waals surface area contributed by atoms with Gasteiger partial charge in [0.25, 0.3) is 0 Å². The minimum atomic E-state index is -0.262. The Balaban J connectivity index is 0.00000169. The fourth-order valence-electron chi connectivity index (χ4n) is 3.54. The molecule has 1 N–H and O–H groups in total. The van der Waals surface area contributed by atoms with Gasteiger partial charge in [0.2, 0.25) is 0 Å². The molecule has 122 valence electrons. The molecule has 1 atom stereocenters. The molecule has 2 aliphatic heterocycles. The topological polar surface area (TPSA) is 50.2 Å². The normalized spacial score (nSPS) is 19.3. The maximum atomic E-state index is 13.2. The maximum absolute atomic E-state index is 13.2. The van der Waals surface area contributed by atoms with Crippen LogP contribution in [-0.2, 0) is 13.1 Å². The second-order valence-corrected chi connectivity index (χ2v) is 6.22. The minimum absolute atomic E-state index is 0. The molecule has 0 radical (unpaired) electrons. The van der Waals surface area contributed by atoms with Crippen LogP contribution in [0.5, 0.6) is 0 Å². The van der Waals surface area contributed by atoms with Gasteiger partial charge in [0.15, 0.2) is 0 Å². The summed E-state index contributed by atoms with van der Waals surface area (Å²) in [6.45, 7) is 2.18. The molecule has 6 heteroatoms. The van der Waals surface area contributed by atoms with Crippen LogP contribution in [0.3, 0.4) is 0 Å². The van der Waals surface area contributed by atoms with Crippen LogP contribution >= 0.6 is 0 Å². The van der Waals surface area contributed by atoms with Gasteiger partial charge in [0.05, 0.1) is 0 Å². The van der Waals surface area contributed by atoms with Crippen molar-refractivity contribution in [3.63, 3.8) is 0 Å². The molecule has 1 aromatic carbocycles. The van der Waals surface area contributed by atoms with Gasteiger partial charge in [-0.05, 0) is 37.0 Å². The molecule has 5 nitrogen and oxygen atoms in total. The van der Waals surface area contributed by atoms with Crippen molar-refractivity contribution in [2.24, 2.45) is 0 Å². The summed E-state index contributed by atoms with van der Waals surface area (Å²) >= 11 is 0. The Labute approximate surface area is 135 Å². The monoisotopic (exact) mass is 316 g/mol. The van der Waals surface area contributed by atoms with Crippen LogP contribution in [0.4, 0.5) is 16.0 Å². The molecule has 1 aromatic heterocycles. The number of hydrogen-bond acceptors (Lipinski definition) is 4. The SMILES string of the molecule is O=c1nc(NCc2cccc(F)c2)cc2n1C[C@@H]1CCCCN21.[HH]. The van der Waals surface area contributed by atoms with Gasteiger partial charge in [-0.1, -0.05) is 12.1 Å². The largest absolute Gasteiger partial charge is 0.366 e. The van der Waals surface area contributed by atoms with Crippen LogP contribution in [-0.4, -0.2) is 22.1 Å². The first-order chi connectivity index (χ1) is 11.2. The van der Waals surface area contributed by atoms with E-state index in [4.69, 9.17) is 0 Å². The molecular formula is C17H21FN4O. The zero-order valence-corrected chi connectivity index (χ0v) is 12.8. The Morgan fingerprint density at radius 1 is 1.35 bits per heavy atom. The van der Waals surface area contributed by atoms with Gasteiger partial charge in [-0.15, -0.1) is 0 Å². The summed E-state index contributed by atoms with van der Waals surface area (Å²) in [7, 11) is 0. The molecule has 23 heavy (non-hydrogen) atoms. The molecule has 3 heterocycles. The number of aromatic nitrogens is 2. The lowest BCUT2D eigenvalue weighted by atomic mass is 10.0. The summed E-state index contributed by atoms with van der Waals surface area (Å²) in [5.74, 6) is 1.25.